The van der Waals surface area contributed by atoms with Gasteiger partial charge < -0.3 is 15.4 Å². The Hall–Kier alpha value is -3.98. The first kappa shape index (κ1) is 26.3. The summed E-state index contributed by atoms with van der Waals surface area (Å²) < 4.78 is 8.40. The van der Waals surface area contributed by atoms with Gasteiger partial charge in [0, 0.05) is 45.0 Å². The minimum Gasteiger partial charge on any atom is -0.463 e. The van der Waals surface area contributed by atoms with Gasteiger partial charge in [-0.15, -0.1) is 6.58 Å². The van der Waals surface area contributed by atoms with Crippen LogP contribution in [0.25, 0.3) is 16.9 Å². The van der Waals surface area contributed by atoms with E-state index in [2.05, 4.69) is 41.4 Å². The van der Waals surface area contributed by atoms with Crippen LogP contribution in [0.2, 0.25) is 0 Å². The second-order valence-electron chi connectivity index (χ2n) is 7.23. The van der Waals surface area contributed by atoms with Crippen LogP contribution in [0.1, 0.15) is 18.2 Å². The largest absolute Gasteiger partial charge is 0.463 e. The molecule has 9 nitrogen and oxygen atoms in total. The Morgan fingerprint density at radius 2 is 1.88 bits per heavy atom. The lowest BCUT2D eigenvalue weighted by atomic mass is 10.2. The van der Waals surface area contributed by atoms with Gasteiger partial charge in [0.1, 0.15) is 6.61 Å². The van der Waals surface area contributed by atoms with Crippen LogP contribution < -0.4 is 10.6 Å². The number of benzene rings is 1. The fourth-order valence-corrected chi connectivity index (χ4v) is 3.05. The molecule has 1 aromatic carbocycles. The number of likely N-dealkylation sites (N-methyl/N-ethyl adjacent to an activating group) is 1. The summed E-state index contributed by atoms with van der Waals surface area (Å²) in [6, 6.07) is 9.55. The zero-order chi connectivity index (χ0) is 24.8. The van der Waals surface area contributed by atoms with Gasteiger partial charge in [-0.1, -0.05) is 36.4 Å². The third kappa shape index (κ3) is 7.56. The number of anilines is 1. The molecule has 0 fully saturated rings. The quantitative estimate of drug-likeness (QED) is 0.305. The summed E-state index contributed by atoms with van der Waals surface area (Å²) in [5.41, 5.74) is 4.91. The number of hydrogen-bond acceptors (Lipinski definition) is 7. The number of nitrogens with zero attached hydrogens (tertiary/aromatic N) is 5. The number of imidazole rings is 1. The third-order valence-corrected chi connectivity index (χ3v) is 4.57. The SMILES string of the molecule is C=CC.CNCCc1cn2c(-c3cnn(C)c3)cnc2c(NC)n1.O=COCc1ccccc1. The normalized spacial score (nSPS) is 9.88. The molecule has 4 aromatic rings. The van der Waals surface area contributed by atoms with Crippen molar-refractivity contribution in [2.24, 2.45) is 7.05 Å². The number of nitrogens with one attached hydrogen (secondary N) is 2. The number of hydrogen-bond donors (Lipinski definition) is 2. The van der Waals surface area contributed by atoms with Crippen LogP contribution in [0.15, 0.2) is 67.8 Å². The van der Waals surface area contributed by atoms with E-state index in [1.807, 2.05) is 83.2 Å². The van der Waals surface area contributed by atoms with Gasteiger partial charge in [0.2, 0.25) is 0 Å². The van der Waals surface area contributed by atoms with E-state index in [1.165, 1.54) is 0 Å². The van der Waals surface area contributed by atoms with Gasteiger partial charge >= 0.3 is 0 Å². The molecule has 0 aliphatic heterocycles. The maximum atomic E-state index is 9.76. The van der Waals surface area contributed by atoms with Gasteiger partial charge in [0.15, 0.2) is 11.5 Å². The summed E-state index contributed by atoms with van der Waals surface area (Å²) in [5, 5.41) is 10.5. The van der Waals surface area contributed by atoms with E-state index in [0.29, 0.717) is 13.1 Å². The van der Waals surface area contributed by atoms with Gasteiger partial charge in [-0.05, 0) is 19.5 Å². The average molecular weight is 464 g/mol. The highest BCUT2D eigenvalue weighted by Gasteiger charge is 2.12. The predicted octanol–water partition coefficient (Wildman–Crippen LogP) is 3.49. The number of allylic oxidation sites excluding steroid dienone is 1. The Bertz CT molecular complexity index is 1150. The van der Waals surface area contributed by atoms with E-state index < -0.39 is 0 Å². The number of fused-ring (bicyclic) bond motifs is 1. The van der Waals surface area contributed by atoms with Crippen molar-refractivity contribution in [3.05, 3.63) is 79.0 Å². The summed E-state index contributed by atoms with van der Waals surface area (Å²) >= 11 is 0. The number of carbonyl (C=O) groups is 1. The maximum absolute atomic E-state index is 9.76. The molecule has 0 aliphatic carbocycles. The van der Waals surface area contributed by atoms with Crippen LogP contribution in [0.3, 0.4) is 0 Å². The number of carbonyl (C=O) groups excluding carboxylic acids is 1. The fraction of sp³-hybridized carbons (Fsp3) is 0.280. The Labute approximate surface area is 200 Å². The number of aryl methyl sites for hydroxylation is 1. The molecule has 0 saturated carbocycles. The molecule has 0 amide bonds. The molecule has 0 bridgehead atoms. The molecule has 0 unspecified atom stereocenters. The van der Waals surface area contributed by atoms with Crippen molar-refractivity contribution in [1.29, 1.82) is 0 Å². The van der Waals surface area contributed by atoms with Crippen LogP contribution in [0, 0.1) is 0 Å². The summed E-state index contributed by atoms with van der Waals surface area (Å²) in [7, 11) is 5.71. The smallest absolute Gasteiger partial charge is 0.293 e. The van der Waals surface area contributed by atoms with Crippen LogP contribution >= 0.6 is 0 Å². The molecule has 2 N–H and O–H groups in total. The molecule has 180 valence electrons. The van der Waals surface area contributed by atoms with Crippen molar-refractivity contribution >= 4 is 17.9 Å². The molecule has 0 atom stereocenters. The highest BCUT2D eigenvalue weighted by molar-refractivity contribution is 5.70. The van der Waals surface area contributed by atoms with E-state index in [1.54, 1.807) is 10.8 Å². The highest BCUT2D eigenvalue weighted by Crippen LogP contribution is 2.23. The first-order valence-corrected chi connectivity index (χ1v) is 10.9. The van der Waals surface area contributed by atoms with E-state index in [0.717, 1.165) is 46.9 Å². The van der Waals surface area contributed by atoms with Gasteiger partial charge in [-0.25, -0.2) is 9.97 Å². The topological polar surface area (TPSA) is 98.4 Å². The molecule has 34 heavy (non-hydrogen) atoms. The van der Waals surface area contributed by atoms with Crippen LogP contribution in [0.5, 0.6) is 0 Å². The highest BCUT2D eigenvalue weighted by atomic mass is 16.5. The van der Waals surface area contributed by atoms with Crippen molar-refractivity contribution in [2.75, 3.05) is 26.0 Å². The first-order valence-electron chi connectivity index (χ1n) is 10.9. The molecule has 3 heterocycles. The molecular formula is C25H33N7O2. The van der Waals surface area contributed by atoms with Crippen molar-refractivity contribution < 1.29 is 9.53 Å². The molecule has 0 spiro atoms. The molecular weight excluding hydrogens is 430 g/mol. The molecule has 0 aliphatic rings. The minimum absolute atomic E-state index is 0.365. The first-order chi connectivity index (χ1) is 16.6. The van der Waals surface area contributed by atoms with E-state index in [9.17, 15) is 4.79 Å². The Morgan fingerprint density at radius 1 is 1.15 bits per heavy atom. The summed E-state index contributed by atoms with van der Waals surface area (Å²) in [6.07, 6.45) is 10.3. The fourth-order valence-electron chi connectivity index (χ4n) is 3.05. The van der Waals surface area contributed by atoms with Crippen molar-refractivity contribution in [1.82, 2.24) is 29.5 Å². The summed E-state index contributed by atoms with van der Waals surface area (Å²) in [4.78, 5) is 18.9. The molecule has 0 saturated heterocycles. The number of rotatable bonds is 8. The van der Waals surface area contributed by atoms with Crippen molar-refractivity contribution in [3.8, 4) is 11.3 Å². The Morgan fingerprint density at radius 3 is 2.47 bits per heavy atom. The van der Waals surface area contributed by atoms with Gasteiger partial charge in [0.05, 0.1) is 23.8 Å². The average Bonchev–Trinajstić information content (AvgIpc) is 3.48. The molecule has 4 rings (SSSR count). The molecule has 0 radical (unpaired) electrons. The van der Waals surface area contributed by atoms with E-state index in [-0.39, 0.29) is 0 Å². The zero-order valence-corrected chi connectivity index (χ0v) is 20.2. The standard InChI is InChI=1S/C14H19N7.C8H8O2.C3H6/c1-15-5-4-11-9-21-12(10-6-18-20(3)8-10)7-17-14(21)13(16-2)19-11;9-7-10-6-8-4-2-1-3-5-8;1-3-2/h6-9,15H,4-5H2,1-3H3,(H,16,19);1-5,7H,6H2;3H,1H2,2H3. The minimum atomic E-state index is 0.365. The van der Waals surface area contributed by atoms with Gasteiger partial charge in [0.25, 0.3) is 6.47 Å². The van der Waals surface area contributed by atoms with Gasteiger partial charge in [-0.3, -0.25) is 13.9 Å². The second-order valence-corrected chi connectivity index (χ2v) is 7.23. The lowest BCUT2D eigenvalue weighted by Crippen LogP contribution is -2.12. The third-order valence-electron chi connectivity index (χ3n) is 4.57. The maximum Gasteiger partial charge on any atom is 0.293 e. The monoisotopic (exact) mass is 463 g/mol. The summed E-state index contributed by atoms with van der Waals surface area (Å²) in [5.74, 6) is 0.791. The van der Waals surface area contributed by atoms with Crippen LogP contribution in [-0.2, 0) is 29.6 Å². The second kappa shape index (κ2) is 14.2. The van der Waals surface area contributed by atoms with E-state index >= 15 is 0 Å². The van der Waals surface area contributed by atoms with Crippen LogP contribution in [0.4, 0.5) is 5.82 Å². The molecule has 3 aromatic heterocycles. The van der Waals surface area contributed by atoms with Crippen molar-refractivity contribution in [3.63, 3.8) is 0 Å². The van der Waals surface area contributed by atoms with Crippen LogP contribution in [-0.4, -0.2) is 51.3 Å². The van der Waals surface area contributed by atoms with E-state index in [4.69, 9.17) is 0 Å². The van der Waals surface area contributed by atoms with Crippen molar-refractivity contribution in [2.45, 2.75) is 20.0 Å². The molecule has 9 heteroatoms. The Kier molecular flexibility index (Phi) is 11.0. The lowest BCUT2D eigenvalue weighted by Gasteiger charge is -2.08. The number of aromatic nitrogens is 5. The lowest BCUT2D eigenvalue weighted by molar-refractivity contribution is -0.129. The predicted molar refractivity (Wildman–Crippen MR) is 136 cm³/mol. The Balaban J connectivity index is 0.000000263. The number of ether oxygens (including phenoxy) is 1. The summed E-state index contributed by atoms with van der Waals surface area (Å²) in [6.45, 7) is 6.95. The van der Waals surface area contributed by atoms with Gasteiger partial charge in [-0.2, -0.15) is 5.10 Å². The zero-order valence-electron chi connectivity index (χ0n) is 20.2.